The van der Waals surface area contributed by atoms with Gasteiger partial charge in [0, 0.05) is 0 Å². The van der Waals surface area contributed by atoms with Gasteiger partial charge in [-0.05, 0) is 6.08 Å². The zero-order chi connectivity index (χ0) is 4.41. The first kappa shape index (κ1) is 3.68. The monoisotopic (exact) mass is 85.1 g/mol. The van der Waals surface area contributed by atoms with E-state index in [0.29, 0.717) is 6.61 Å². The van der Waals surface area contributed by atoms with E-state index in [0.717, 1.165) is 0 Å². The van der Waals surface area contributed by atoms with Crippen molar-refractivity contribution in [2.45, 2.75) is 6.04 Å². The molecule has 1 rings (SSSR count). The molecule has 0 aromatic rings. The van der Waals surface area contributed by atoms with Crippen molar-refractivity contribution in [1.82, 2.24) is 0 Å². The van der Waals surface area contributed by atoms with Crippen LogP contribution in [-0.4, -0.2) is 12.6 Å². The molecule has 0 radical (unpaired) electrons. The topological polar surface area (TPSA) is 35.2 Å². The smallest absolute Gasteiger partial charge is 0.106 e. The van der Waals surface area contributed by atoms with Gasteiger partial charge in [-0.1, -0.05) is 0 Å². The fourth-order valence-electron chi connectivity index (χ4n) is 0.379. The number of rotatable bonds is 0. The average molecular weight is 85.1 g/mol. The van der Waals surface area contributed by atoms with Crippen molar-refractivity contribution >= 4 is 0 Å². The highest BCUT2D eigenvalue weighted by atomic mass is 16.5. The van der Waals surface area contributed by atoms with Crippen LogP contribution in [0.5, 0.6) is 0 Å². The maximum Gasteiger partial charge on any atom is 0.106 e. The summed E-state index contributed by atoms with van der Waals surface area (Å²) in [6.07, 6.45) is 3.46. The first-order chi connectivity index (χ1) is 2.89. The van der Waals surface area contributed by atoms with Gasteiger partial charge >= 0.3 is 0 Å². The van der Waals surface area contributed by atoms with Crippen LogP contribution in [0.3, 0.4) is 0 Å². The standard InChI is InChI=1S/C4H7NO/c5-4-1-2-6-3-4/h1-2,4H,3,5H2. The Bertz CT molecular complexity index is 69.9. The Morgan fingerprint density at radius 2 is 2.67 bits per heavy atom. The SMILES string of the molecule is NC1C=COC1. The molecule has 0 fully saturated rings. The molecule has 1 atom stereocenters. The number of nitrogens with two attached hydrogens (primary N) is 1. The summed E-state index contributed by atoms with van der Waals surface area (Å²) < 4.78 is 4.75. The molecule has 0 saturated heterocycles. The lowest BCUT2D eigenvalue weighted by Crippen LogP contribution is -2.17. The molecule has 0 aromatic carbocycles. The van der Waals surface area contributed by atoms with Crippen molar-refractivity contribution < 1.29 is 4.74 Å². The molecule has 2 nitrogen and oxygen atoms in total. The molecule has 1 aliphatic heterocycles. The van der Waals surface area contributed by atoms with Crippen LogP contribution >= 0.6 is 0 Å². The van der Waals surface area contributed by atoms with Gasteiger partial charge in [-0.2, -0.15) is 0 Å². The molecule has 0 saturated carbocycles. The third-order valence-electron chi connectivity index (χ3n) is 0.711. The Kier molecular flexibility index (Phi) is 0.801. The van der Waals surface area contributed by atoms with E-state index in [-0.39, 0.29) is 6.04 Å². The minimum Gasteiger partial charge on any atom is -0.500 e. The summed E-state index contributed by atoms with van der Waals surface area (Å²) in [6.45, 7) is 0.653. The van der Waals surface area contributed by atoms with Crippen molar-refractivity contribution in [3.05, 3.63) is 12.3 Å². The van der Waals surface area contributed by atoms with Gasteiger partial charge in [-0.15, -0.1) is 0 Å². The minimum atomic E-state index is 0.144. The largest absolute Gasteiger partial charge is 0.500 e. The Morgan fingerprint density at radius 1 is 1.83 bits per heavy atom. The third-order valence-corrected chi connectivity index (χ3v) is 0.711. The molecule has 2 N–H and O–H groups in total. The van der Waals surface area contributed by atoms with Crippen LogP contribution in [0.25, 0.3) is 0 Å². The van der Waals surface area contributed by atoms with Gasteiger partial charge in [0.15, 0.2) is 0 Å². The first-order valence-electron chi connectivity index (χ1n) is 1.93. The molecule has 6 heavy (non-hydrogen) atoms. The van der Waals surface area contributed by atoms with E-state index in [4.69, 9.17) is 10.5 Å². The van der Waals surface area contributed by atoms with E-state index in [9.17, 15) is 0 Å². The molecule has 1 aliphatic rings. The first-order valence-corrected chi connectivity index (χ1v) is 1.93. The highest BCUT2D eigenvalue weighted by Gasteiger charge is 2.00. The zero-order valence-corrected chi connectivity index (χ0v) is 3.42. The van der Waals surface area contributed by atoms with Crippen molar-refractivity contribution in [3.8, 4) is 0 Å². The predicted molar refractivity (Wildman–Crippen MR) is 23.1 cm³/mol. The second-order valence-electron chi connectivity index (χ2n) is 1.33. The van der Waals surface area contributed by atoms with E-state index >= 15 is 0 Å². The Labute approximate surface area is 36.6 Å². The summed E-state index contributed by atoms with van der Waals surface area (Å²) in [7, 11) is 0. The van der Waals surface area contributed by atoms with E-state index in [2.05, 4.69) is 0 Å². The van der Waals surface area contributed by atoms with Gasteiger partial charge in [-0.3, -0.25) is 0 Å². The van der Waals surface area contributed by atoms with Crippen LogP contribution in [0.4, 0.5) is 0 Å². The van der Waals surface area contributed by atoms with Crippen LogP contribution in [0.2, 0.25) is 0 Å². The van der Waals surface area contributed by atoms with E-state index in [1.165, 1.54) is 0 Å². The van der Waals surface area contributed by atoms with E-state index in [1.54, 1.807) is 6.26 Å². The van der Waals surface area contributed by atoms with Crippen LogP contribution < -0.4 is 5.73 Å². The summed E-state index contributed by atoms with van der Waals surface area (Å²) >= 11 is 0. The summed E-state index contributed by atoms with van der Waals surface area (Å²) in [6, 6.07) is 0.144. The molecule has 34 valence electrons. The minimum absolute atomic E-state index is 0.144. The summed E-state index contributed by atoms with van der Waals surface area (Å²) in [5.41, 5.74) is 5.32. The molecule has 0 aliphatic carbocycles. The molecular formula is C4H7NO. The molecule has 0 amide bonds. The lowest BCUT2D eigenvalue weighted by Gasteiger charge is -1.91. The van der Waals surface area contributed by atoms with Gasteiger partial charge in [0.25, 0.3) is 0 Å². The summed E-state index contributed by atoms with van der Waals surface area (Å²) in [5.74, 6) is 0. The van der Waals surface area contributed by atoms with Crippen molar-refractivity contribution in [2.75, 3.05) is 6.61 Å². The normalized spacial score (nSPS) is 30.5. The Hall–Kier alpha value is -0.500. The second kappa shape index (κ2) is 1.30. The average Bonchev–Trinajstić information content (AvgIpc) is 1.86. The lowest BCUT2D eigenvalue weighted by atomic mass is 10.4. The van der Waals surface area contributed by atoms with Crippen molar-refractivity contribution in [1.29, 1.82) is 0 Å². The van der Waals surface area contributed by atoms with Crippen LogP contribution in [0.15, 0.2) is 12.3 Å². The highest BCUT2D eigenvalue weighted by Crippen LogP contribution is 1.93. The number of hydrogen-bond donors (Lipinski definition) is 1. The summed E-state index contributed by atoms with van der Waals surface area (Å²) in [4.78, 5) is 0. The number of ether oxygens (including phenoxy) is 1. The van der Waals surface area contributed by atoms with E-state index in [1.807, 2.05) is 6.08 Å². The number of hydrogen-bond acceptors (Lipinski definition) is 2. The molecule has 0 aromatic heterocycles. The molecular weight excluding hydrogens is 78.0 g/mol. The van der Waals surface area contributed by atoms with Crippen LogP contribution in [-0.2, 0) is 4.74 Å². The Balaban J connectivity index is 2.38. The highest BCUT2D eigenvalue weighted by molar-refractivity contribution is 4.91. The van der Waals surface area contributed by atoms with Crippen LogP contribution in [0.1, 0.15) is 0 Å². The van der Waals surface area contributed by atoms with Crippen molar-refractivity contribution in [3.63, 3.8) is 0 Å². The quantitative estimate of drug-likeness (QED) is 0.444. The second-order valence-corrected chi connectivity index (χ2v) is 1.33. The fourth-order valence-corrected chi connectivity index (χ4v) is 0.379. The van der Waals surface area contributed by atoms with Gasteiger partial charge in [-0.25, -0.2) is 0 Å². The van der Waals surface area contributed by atoms with E-state index < -0.39 is 0 Å². The molecule has 0 bridgehead atoms. The van der Waals surface area contributed by atoms with Gasteiger partial charge < -0.3 is 10.5 Å². The van der Waals surface area contributed by atoms with Gasteiger partial charge in [0.1, 0.15) is 6.61 Å². The lowest BCUT2D eigenvalue weighted by molar-refractivity contribution is 0.270. The predicted octanol–water partition coefficient (Wildman–Crippen LogP) is -0.142. The fraction of sp³-hybridized carbons (Fsp3) is 0.500. The molecule has 2 heteroatoms. The molecule has 0 spiro atoms. The maximum atomic E-state index is 5.32. The zero-order valence-electron chi connectivity index (χ0n) is 3.42. The Morgan fingerprint density at radius 3 is 2.83 bits per heavy atom. The van der Waals surface area contributed by atoms with Crippen LogP contribution in [0, 0.1) is 0 Å². The van der Waals surface area contributed by atoms with Gasteiger partial charge in [0.05, 0.1) is 12.3 Å². The maximum absolute atomic E-state index is 5.32. The third kappa shape index (κ3) is 0.518. The van der Waals surface area contributed by atoms with Crippen molar-refractivity contribution in [2.24, 2.45) is 5.73 Å². The summed E-state index contributed by atoms with van der Waals surface area (Å²) in [5, 5.41) is 0. The molecule has 1 heterocycles. The molecule has 1 unspecified atom stereocenters. The van der Waals surface area contributed by atoms with Gasteiger partial charge in [0.2, 0.25) is 0 Å².